The van der Waals surface area contributed by atoms with E-state index in [9.17, 15) is 4.79 Å². The van der Waals surface area contributed by atoms with E-state index in [-0.39, 0.29) is 12.3 Å². The zero-order valence-electron chi connectivity index (χ0n) is 15.9. The average Bonchev–Trinajstić information content (AvgIpc) is 3.31. The number of carbonyl (C=O) groups is 1. The Morgan fingerprint density at radius 2 is 2.04 bits per heavy atom. The molecular formula is C20H20N6O2. The van der Waals surface area contributed by atoms with Gasteiger partial charge in [-0.1, -0.05) is 24.2 Å². The smallest absolute Gasteiger partial charge is 0.258 e. The Bertz CT molecular complexity index is 1160. The standard InChI is InChI=1S/C20H20N6O2/c1-4-16-22-20(28-25-16)14-7-8-26-17(10-14)23-24-18(26)11-19(27)21-15-9-12(2)5-6-13(15)3/h5-10H,4,11H2,1-3H3,(H,21,27). The summed E-state index contributed by atoms with van der Waals surface area (Å²) >= 11 is 0. The normalized spacial score (nSPS) is 11.1. The monoisotopic (exact) mass is 376 g/mol. The number of aryl methyl sites for hydroxylation is 3. The van der Waals surface area contributed by atoms with Crippen LogP contribution in [0, 0.1) is 13.8 Å². The first kappa shape index (κ1) is 17.8. The number of amides is 1. The number of carbonyl (C=O) groups excluding carboxylic acids is 1. The molecule has 28 heavy (non-hydrogen) atoms. The van der Waals surface area contributed by atoms with Crippen molar-refractivity contribution in [2.45, 2.75) is 33.6 Å². The van der Waals surface area contributed by atoms with E-state index in [1.165, 1.54) is 0 Å². The Morgan fingerprint density at radius 3 is 2.82 bits per heavy atom. The minimum Gasteiger partial charge on any atom is -0.334 e. The van der Waals surface area contributed by atoms with Crippen molar-refractivity contribution in [3.63, 3.8) is 0 Å². The molecule has 8 nitrogen and oxygen atoms in total. The van der Waals surface area contributed by atoms with Crippen molar-refractivity contribution in [1.29, 1.82) is 0 Å². The van der Waals surface area contributed by atoms with Gasteiger partial charge in [-0.25, -0.2) is 0 Å². The van der Waals surface area contributed by atoms with E-state index in [1.807, 2.05) is 51.1 Å². The third-order valence-corrected chi connectivity index (χ3v) is 4.50. The molecule has 3 heterocycles. The van der Waals surface area contributed by atoms with Crippen molar-refractivity contribution in [2.24, 2.45) is 0 Å². The minimum absolute atomic E-state index is 0.119. The van der Waals surface area contributed by atoms with Gasteiger partial charge in [0.25, 0.3) is 5.89 Å². The van der Waals surface area contributed by atoms with E-state index in [0.29, 0.717) is 29.6 Å². The highest BCUT2D eigenvalue weighted by atomic mass is 16.5. The van der Waals surface area contributed by atoms with E-state index in [2.05, 4.69) is 25.7 Å². The fourth-order valence-electron chi connectivity index (χ4n) is 2.92. The second-order valence-corrected chi connectivity index (χ2v) is 6.67. The number of anilines is 1. The third kappa shape index (κ3) is 3.48. The van der Waals surface area contributed by atoms with Crippen LogP contribution in [0.2, 0.25) is 0 Å². The molecule has 0 saturated heterocycles. The number of nitrogens with one attached hydrogen (secondary N) is 1. The van der Waals surface area contributed by atoms with Crippen LogP contribution in [0.4, 0.5) is 5.69 Å². The molecule has 0 aliphatic carbocycles. The topological polar surface area (TPSA) is 98.2 Å². The third-order valence-electron chi connectivity index (χ3n) is 4.50. The van der Waals surface area contributed by atoms with Crippen molar-refractivity contribution in [1.82, 2.24) is 24.7 Å². The quantitative estimate of drug-likeness (QED) is 0.575. The summed E-state index contributed by atoms with van der Waals surface area (Å²) in [7, 11) is 0. The lowest BCUT2D eigenvalue weighted by Gasteiger charge is -2.09. The number of pyridine rings is 1. The van der Waals surface area contributed by atoms with Gasteiger partial charge in [0.15, 0.2) is 11.5 Å². The van der Waals surface area contributed by atoms with Gasteiger partial charge in [-0.15, -0.1) is 10.2 Å². The molecule has 3 aromatic heterocycles. The van der Waals surface area contributed by atoms with Crippen LogP contribution in [0.3, 0.4) is 0 Å². The Balaban J connectivity index is 1.54. The summed E-state index contributed by atoms with van der Waals surface area (Å²) in [5.41, 5.74) is 4.29. The lowest BCUT2D eigenvalue weighted by Crippen LogP contribution is -2.17. The predicted molar refractivity (Wildman–Crippen MR) is 104 cm³/mol. The number of nitrogens with zero attached hydrogens (tertiary/aromatic N) is 5. The fourth-order valence-corrected chi connectivity index (χ4v) is 2.92. The van der Waals surface area contributed by atoms with E-state index in [4.69, 9.17) is 4.52 Å². The van der Waals surface area contributed by atoms with Crippen LogP contribution in [0.1, 0.15) is 29.7 Å². The average molecular weight is 376 g/mol. The Morgan fingerprint density at radius 1 is 1.18 bits per heavy atom. The summed E-state index contributed by atoms with van der Waals surface area (Å²) in [6, 6.07) is 9.61. The van der Waals surface area contributed by atoms with E-state index < -0.39 is 0 Å². The Hall–Kier alpha value is -3.55. The number of rotatable bonds is 5. The first-order chi connectivity index (χ1) is 13.5. The summed E-state index contributed by atoms with van der Waals surface area (Å²) in [6.45, 7) is 5.92. The predicted octanol–water partition coefficient (Wildman–Crippen LogP) is 3.14. The molecule has 1 N–H and O–H groups in total. The summed E-state index contributed by atoms with van der Waals surface area (Å²) in [6.07, 6.45) is 2.63. The highest BCUT2D eigenvalue weighted by Crippen LogP contribution is 2.20. The molecule has 0 aliphatic rings. The molecule has 8 heteroatoms. The second-order valence-electron chi connectivity index (χ2n) is 6.67. The lowest BCUT2D eigenvalue weighted by atomic mass is 10.1. The largest absolute Gasteiger partial charge is 0.334 e. The van der Waals surface area contributed by atoms with Crippen LogP contribution >= 0.6 is 0 Å². The van der Waals surface area contributed by atoms with Crippen LogP contribution in [0.15, 0.2) is 41.1 Å². The molecule has 0 aliphatic heterocycles. The van der Waals surface area contributed by atoms with Gasteiger partial charge in [-0.3, -0.25) is 9.20 Å². The van der Waals surface area contributed by atoms with Crippen LogP contribution in [0.5, 0.6) is 0 Å². The highest BCUT2D eigenvalue weighted by Gasteiger charge is 2.14. The molecule has 0 fully saturated rings. The molecule has 0 atom stereocenters. The van der Waals surface area contributed by atoms with Crippen molar-refractivity contribution in [2.75, 3.05) is 5.32 Å². The van der Waals surface area contributed by atoms with Crippen LogP contribution < -0.4 is 5.32 Å². The van der Waals surface area contributed by atoms with Gasteiger partial charge in [0, 0.05) is 23.9 Å². The number of fused-ring (bicyclic) bond motifs is 1. The lowest BCUT2D eigenvalue weighted by molar-refractivity contribution is -0.115. The van der Waals surface area contributed by atoms with E-state index >= 15 is 0 Å². The summed E-state index contributed by atoms with van der Waals surface area (Å²) < 4.78 is 7.05. The van der Waals surface area contributed by atoms with Crippen molar-refractivity contribution >= 4 is 17.2 Å². The minimum atomic E-state index is -0.142. The van der Waals surface area contributed by atoms with Crippen LogP contribution in [-0.4, -0.2) is 30.6 Å². The second kappa shape index (κ2) is 7.22. The van der Waals surface area contributed by atoms with Crippen molar-refractivity contribution in [3.8, 4) is 11.5 Å². The van der Waals surface area contributed by atoms with Gasteiger partial charge in [0.1, 0.15) is 5.82 Å². The molecule has 0 radical (unpaired) electrons. The molecule has 0 saturated carbocycles. The van der Waals surface area contributed by atoms with Crippen molar-refractivity contribution < 1.29 is 9.32 Å². The van der Waals surface area contributed by atoms with Gasteiger partial charge in [0.2, 0.25) is 5.91 Å². The van der Waals surface area contributed by atoms with Gasteiger partial charge in [-0.2, -0.15) is 4.98 Å². The molecule has 1 aromatic carbocycles. The molecule has 0 unspecified atom stereocenters. The Kier molecular flexibility index (Phi) is 4.60. The molecule has 0 bridgehead atoms. The highest BCUT2D eigenvalue weighted by molar-refractivity contribution is 5.92. The maximum atomic E-state index is 12.5. The van der Waals surface area contributed by atoms with Crippen LogP contribution in [-0.2, 0) is 17.6 Å². The molecular weight excluding hydrogens is 356 g/mol. The molecule has 142 valence electrons. The van der Waals surface area contributed by atoms with E-state index in [0.717, 1.165) is 22.4 Å². The van der Waals surface area contributed by atoms with Gasteiger partial charge in [-0.05, 0) is 43.2 Å². The van der Waals surface area contributed by atoms with E-state index in [1.54, 1.807) is 10.6 Å². The molecule has 1 amide bonds. The first-order valence-electron chi connectivity index (χ1n) is 9.07. The molecule has 4 aromatic rings. The van der Waals surface area contributed by atoms with Crippen LogP contribution in [0.25, 0.3) is 17.1 Å². The fraction of sp³-hybridized carbons (Fsp3) is 0.250. The Labute approximate surface area is 161 Å². The maximum absolute atomic E-state index is 12.5. The van der Waals surface area contributed by atoms with Gasteiger partial charge >= 0.3 is 0 Å². The first-order valence-corrected chi connectivity index (χ1v) is 9.07. The van der Waals surface area contributed by atoms with Gasteiger partial charge < -0.3 is 9.84 Å². The molecule has 4 rings (SSSR count). The van der Waals surface area contributed by atoms with Crippen molar-refractivity contribution in [3.05, 3.63) is 59.3 Å². The summed E-state index contributed by atoms with van der Waals surface area (Å²) in [4.78, 5) is 16.8. The molecule has 0 spiro atoms. The van der Waals surface area contributed by atoms with Gasteiger partial charge in [0.05, 0.1) is 6.42 Å². The zero-order valence-corrected chi connectivity index (χ0v) is 15.9. The number of aromatic nitrogens is 5. The number of hydrogen-bond donors (Lipinski definition) is 1. The maximum Gasteiger partial charge on any atom is 0.258 e. The zero-order chi connectivity index (χ0) is 19.7. The SMILES string of the molecule is CCc1noc(-c2ccn3c(CC(=O)Nc4cc(C)ccc4C)nnc3c2)n1. The number of hydrogen-bond acceptors (Lipinski definition) is 6. The summed E-state index contributed by atoms with van der Waals surface area (Å²) in [5, 5.41) is 15.2. The summed E-state index contributed by atoms with van der Waals surface area (Å²) in [5.74, 6) is 1.51. The number of benzene rings is 1.